The van der Waals surface area contributed by atoms with Crippen molar-refractivity contribution in [1.82, 2.24) is 4.90 Å². The van der Waals surface area contributed by atoms with Crippen LogP contribution in [0.2, 0.25) is 0 Å². The fraction of sp³-hybridized carbons (Fsp3) is 0.571. The number of benzene rings is 1. The van der Waals surface area contributed by atoms with E-state index in [1.165, 1.54) is 30.5 Å². The molecule has 3 nitrogen and oxygen atoms in total. The van der Waals surface area contributed by atoms with E-state index in [1.54, 1.807) is 0 Å². The molecule has 2 N–H and O–H groups in total. The van der Waals surface area contributed by atoms with Crippen molar-refractivity contribution in [2.24, 2.45) is 5.73 Å². The molecule has 1 atom stereocenters. The lowest BCUT2D eigenvalue weighted by atomic mass is 10.0. The van der Waals surface area contributed by atoms with E-state index in [9.17, 15) is 0 Å². The van der Waals surface area contributed by atoms with Crippen molar-refractivity contribution in [2.75, 3.05) is 19.7 Å². The van der Waals surface area contributed by atoms with Crippen LogP contribution in [0.25, 0.3) is 0 Å². The lowest BCUT2D eigenvalue weighted by Gasteiger charge is -2.30. The minimum Gasteiger partial charge on any atom is -0.493 e. The van der Waals surface area contributed by atoms with Crippen molar-refractivity contribution in [3.05, 3.63) is 29.3 Å². The molecule has 92 valence electrons. The third-order valence-corrected chi connectivity index (χ3v) is 3.70. The second-order valence-corrected chi connectivity index (χ2v) is 5.18. The fourth-order valence-electron chi connectivity index (χ4n) is 2.83. The maximum Gasteiger partial charge on any atom is 0.122 e. The van der Waals surface area contributed by atoms with Crippen LogP contribution in [-0.4, -0.2) is 30.6 Å². The number of hydrogen-bond donors (Lipinski definition) is 1. The Kier molecular flexibility index (Phi) is 3.04. The number of ether oxygens (including phenoxy) is 1. The SMILES string of the molecule is N[C@H]1CCCN(Cc2ccc3c(c2)CCO3)C1. The molecule has 0 aliphatic carbocycles. The first-order valence-electron chi connectivity index (χ1n) is 6.54. The lowest BCUT2D eigenvalue weighted by Crippen LogP contribution is -2.42. The van der Waals surface area contributed by atoms with Gasteiger partial charge in [0.1, 0.15) is 5.75 Å². The van der Waals surface area contributed by atoms with Gasteiger partial charge in [0, 0.05) is 25.6 Å². The van der Waals surface area contributed by atoms with Crippen LogP contribution in [-0.2, 0) is 13.0 Å². The molecule has 1 saturated heterocycles. The van der Waals surface area contributed by atoms with Gasteiger partial charge < -0.3 is 10.5 Å². The van der Waals surface area contributed by atoms with Crippen LogP contribution in [0.3, 0.4) is 0 Å². The number of nitrogens with zero attached hydrogens (tertiary/aromatic N) is 1. The van der Waals surface area contributed by atoms with Gasteiger partial charge in [0.05, 0.1) is 6.61 Å². The van der Waals surface area contributed by atoms with E-state index in [4.69, 9.17) is 10.5 Å². The van der Waals surface area contributed by atoms with Crippen molar-refractivity contribution in [3.8, 4) is 5.75 Å². The molecule has 1 fully saturated rings. The Bertz CT molecular complexity index is 405. The standard InChI is InChI=1S/C14H20N2O/c15-13-2-1-6-16(10-13)9-11-3-4-14-12(8-11)5-7-17-14/h3-4,8,13H,1-2,5-7,9-10,15H2/t13-/m0/s1. The van der Waals surface area contributed by atoms with Gasteiger partial charge in [-0.2, -0.15) is 0 Å². The number of rotatable bonds is 2. The molecule has 3 rings (SSSR count). The summed E-state index contributed by atoms with van der Waals surface area (Å²) in [6.07, 6.45) is 3.46. The predicted octanol–water partition coefficient (Wildman–Crippen LogP) is 1.54. The molecule has 0 aromatic heterocycles. The van der Waals surface area contributed by atoms with Crippen molar-refractivity contribution in [1.29, 1.82) is 0 Å². The zero-order valence-electron chi connectivity index (χ0n) is 10.2. The first-order valence-corrected chi connectivity index (χ1v) is 6.54. The highest BCUT2D eigenvalue weighted by molar-refractivity contribution is 5.39. The van der Waals surface area contributed by atoms with Gasteiger partial charge in [-0.25, -0.2) is 0 Å². The van der Waals surface area contributed by atoms with Crippen molar-refractivity contribution < 1.29 is 4.74 Å². The van der Waals surface area contributed by atoms with E-state index in [0.29, 0.717) is 6.04 Å². The van der Waals surface area contributed by atoms with E-state index in [1.807, 2.05) is 0 Å². The van der Waals surface area contributed by atoms with E-state index in [2.05, 4.69) is 23.1 Å². The minimum absolute atomic E-state index is 0.363. The van der Waals surface area contributed by atoms with E-state index < -0.39 is 0 Å². The first kappa shape index (κ1) is 11.1. The largest absolute Gasteiger partial charge is 0.493 e. The summed E-state index contributed by atoms with van der Waals surface area (Å²) in [6.45, 7) is 4.09. The Balaban J connectivity index is 1.68. The Morgan fingerprint density at radius 2 is 2.35 bits per heavy atom. The van der Waals surface area contributed by atoms with Crippen molar-refractivity contribution in [3.63, 3.8) is 0 Å². The summed E-state index contributed by atoms with van der Waals surface area (Å²) in [5.74, 6) is 1.07. The number of nitrogens with two attached hydrogens (primary N) is 1. The monoisotopic (exact) mass is 232 g/mol. The molecular formula is C14H20N2O. The first-order chi connectivity index (χ1) is 8.31. The fourth-order valence-corrected chi connectivity index (χ4v) is 2.83. The summed E-state index contributed by atoms with van der Waals surface area (Å²) in [4.78, 5) is 2.46. The minimum atomic E-state index is 0.363. The molecule has 1 aromatic rings. The second-order valence-electron chi connectivity index (χ2n) is 5.18. The molecule has 0 bridgehead atoms. The maximum absolute atomic E-state index is 6.01. The highest BCUT2D eigenvalue weighted by Crippen LogP contribution is 2.26. The van der Waals surface area contributed by atoms with Crippen LogP contribution in [0.4, 0.5) is 0 Å². The molecule has 0 saturated carbocycles. The smallest absolute Gasteiger partial charge is 0.122 e. The van der Waals surface area contributed by atoms with Crippen LogP contribution < -0.4 is 10.5 Å². The molecule has 0 amide bonds. The zero-order valence-corrected chi connectivity index (χ0v) is 10.2. The number of piperidine rings is 1. The molecule has 17 heavy (non-hydrogen) atoms. The normalized spacial score (nSPS) is 24.4. The van der Waals surface area contributed by atoms with E-state index in [-0.39, 0.29) is 0 Å². The summed E-state index contributed by atoms with van der Waals surface area (Å²) >= 11 is 0. The van der Waals surface area contributed by atoms with Crippen LogP contribution >= 0.6 is 0 Å². The van der Waals surface area contributed by atoms with Crippen LogP contribution in [0.15, 0.2) is 18.2 Å². The molecule has 1 aromatic carbocycles. The Morgan fingerprint density at radius 3 is 3.24 bits per heavy atom. The van der Waals surface area contributed by atoms with Gasteiger partial charge in [-0.05, 0) is 36.6 Å². The number of hydrogen-bond acceptors (Lipinski definition) is 3. The average Bonchev–Trinajstić information content (AvgIpc) is 2.76. The van der Waals surface area contributed by atoms with Crippen LogP contribution in [0.5, 0.6) is 5.75 Å². The van der Waals surface area contributed by atoms with E-state index in [0.717, 1.165) is 31.9 Å². The van der Waals surface area contributed by atoms with Crippen LogP contribution in [0, 0.1) is 0 Å². The summed E-state index contributed by atoms with van der Waals surface area (Å²) in [6, 6.07) is 6.95. The Hall–Kier alpha value is -1.06. The zero-order chi connectivity index (χ0) is 11.7. The van der Waals surface area contributed by atoms with Gasteiger partial charge in [0.25, 0.3) is 0 Å². The van der Waals surface area contributed by atoms with Gasteiger partial charge >= 0.3 is 0 Å². The van der Waals surface area contributed by atoms with Gasteiger partial charge in [-0.3, -0.25) is 4.90 Å². The summed E-state index contributed by atoms with van der Waals surface area (Å²) in [5, 5.41) is 0. The molecule has 2 aliphatic heterocycles. The predicted molar refractivity (Wildman–Crippen MR) is 68.1 cm³/mol. The summed E-state index contributed by atoms with van der Waals surface area (Å²) in [5.41, 5.74) is 8.76. The third kappa shape index (κ3) is 2.45. The molecule has 0 unspecified atom stereocenters. The highest BCUT2D eigenvalue weighted by atomic mass is 16.5. The maximum atomic E-state index is 6.01. The Labute approximate surface area is 103 Å². The highest BCUT2D eigenvalue weighted by Gasteiger charge is 2.18. The van der Waals surface area contributed by atoms with Gasteiger partial charge in [-0.1, -0.05) is 12.1 Å². The molecule has 3 heteroatoms. The van der Waals surface area contributed by atoms with Gasteiger partial charge in [0.2, 0.25) is 0 Å². The molecule has 0 spiro atoms. The van der Waals surface area contributed by atoms with Gasteiger partial charge in [0.15, 0.2) is 0 Å². The molecule has 0 radical (unpaired) electrons. The molecule has 2 aliphatic rings. The second kappa shape index (κ2) is 4.67. The quantitative estimate of drug-likeness (QED) is 0.840. The van der Waals surface area contributed by atoms with Crippen molar-refractivity contribution in [2.45, 2.75) is 31.8 Å². The van der Waals surface area contributed by atoms with E-state index >= 15 is 0 Å². The third-order valence-electron chi connectivity index (χ3n) is 3.70. The lowest BCUT2D eigenvalue weighted by molar-refractivity contribution is 0.201. The summed E-state index contributed by atoms with van der Waals surface area (Å²) < 4.78 is 5.53. The molecular weight excluding hydrogens is 212 g/mol. The van der Waals surface area contributed by atoms with Crippen molar-refractivity contribution >= 4 is 0 Å². The average molecular weight is 232 g/mol. The Morgan fingerprint density at radius 1 is 1.41 bits per heavy atom. The number of likely N-dealkylation sites (tertiary alicyclic amines) is 1. The topological polar surface area (TPSA) is 38.5 Å². The number of fused-ring (bicyclic) bond motifs is 1. The van der Waals surface area contributed by atoms with Crippen LogP contribution in [0.1, 0.15) is 24.0 Å². The van der Waals surface area contributed by atoms with Gasteiger partial charge in [-0.15, -0.1) is 0 Å². The molecule has 2 heterocycles. The summed E-state index contributed by atoms with van der Waals surface area (Å²) in [7, 11) is 0.